The molecule has 1 aliphatic heterocycles. The van der Waals surface area contributed by atoms with Crippen LogP contribution in [0.25, 0.3) is 0 Å². The molecule has 6 heteroatoms. The Balaban J connectivity index is 1.65. The molecule has 1 aromatic rings. The van der Waals surface area contributed by atoms with Gasteiger partial charge in [-0.2, -0.15) is 0 Å². The SMILES string of the molecule is O=C(Nc1ccc(C2(C(=O)O)CC2)cc1)C1CNCCO1. The summed E-state index contributed by atoms with van der Waals surface area (Å²) < 4.78 is 5.38. The molecule has 1 amide bonds. The van der Waals surface area contributed by atoms with Crippen LogP contribution in [-0.4, -0.2) is 42.8 Å². The normalized spacial score (nSPS) is 23.3. The fourth-order valence-corrected chi connectivity index (χ4v) is 2.58. The average molecular weight is 290 g/mol. The number of amides is 1. The molecular formula is C15H18N2O4. The summed E-state index contributed by atoms with van der Waals surface area (Å²) in [7, 11) is 0. The number of ether oxygens (including phenoxy) is 1. The molecule has 1 saturated carbocycles. The van der Waals surface area contributed by atoms with Gasteiger partial charge in [0.15, 0.2) is 0 Å². The van der Waals surface area contributed by atoms with E-state index in [4.69, 9.17) is 4.74 Å². The molecular weight excluding hydrogens is 272 g/mol. The smallest absolute Gasteiger partial charge is 0.314 e. The first-order valence-corrected chi connectivity index (χ1v) is 7.09. The van der Waals surface area contributed by atoms with E-state index < -0.39 is 17.5 Å². The van der Waals surface area contributed by atoms with Gasteiger partial charge in [-0.3, -0.25) is 9.59 Å². The third-order valence-corrected chi connectivity index (χ3v) is 4.08. The summed E-state index contributed by atoms with van der Waals surface area (Å²) in [5.41, 5.74) is 0.738. The molecule has 1 atom stereocenters. The maximum absolute atomic E-state index is 12.0. The Morgan fingerprint density at radius 2 is 2.00 bits per heavy atom. The molecule has 3 N–H and O–H groups in total. The summed E-state index contributed by atoms with van der Waals surface area (Å²) in [6.45, 7) is 1.79. The van der Waals surface area contributed by atoms with Crippen LogP contribution in [0.15, 0.2) is 24.3 Å². The first-order valence-electron chi connectivity index (χ1n) is 7.09. The Kier molecular flexibility index (Phi) is 3.65. The summed E-state index contributed by atoms with van der Waals surface area (Å²) in [5.74, 6) is -0.963. The number of hydrogen-bond donors (Lipinski definition) is 3. The van der Waals surface area contributed by atoms with E-state index in [1.807, 2.05) is 0 Å². The van der Waals surface area contributed by atoms with E-state index in [1.54, 1.807) is 24.3 Å². The Labute approximate surface area is 122 Å². The lowest BCUT2D eigenvalue weighted by atomic mass is 9.96. The third-order valence-electron chi connectivity index (χ3n) is 4.08. The summed E-state index contributed by atoms with van der Waals surface area (Å²) in [4.78, 5) is 23.3. The molecule has 1 saturated heterocycles. The molecule has 6 nitrogen and oxygen atoms in total. The molecule has 1 heterocycles. The van der Waals surface area contributed by atoms with Gasteiger partial charge in [0, 0.05) is 18.8 Å². The summed E-state index contributed by atoms with van der Waals surface area (Å²) in [6, 6.07) is 7.03. The number of morpholine rings is 1. The van der Waals surface area contributed by atoms with Crippen LogP contribution in [0.2, 0.25) is 0 Å². The molecule has 3 rings (SSSR count). The van der Waals surface area contributed by atoms with E-state index >= 15 is 0 Å². The molecule has 2 fully saturated rings. The van der Waals surface area contributed by atoms with Gasteiger partial charge in [-0.05, 0) is 30.5 Å². The van der Waals surface area contributed by atoms with Crippen LogP contribution >= 0.6 is 0 Å². The van der Waals surface area contributed by atoms with Crippen molar-refractivity contribution in [3.63, 3.8) is 0 Å². The predicted molar refractivity (Wildman–Crippen MR) is 76.2 cm³/mol. The zero-order chi connectivity index (χ0) is 14.9. The lowest BCUT2D eigenvalue weighted by Crippen LogP contribution is -2.45. The van der Waals surface area contributed by atoms with Crippen LogP contribution in [0.3, 0.4) is 0 Å². The summed E-state index contributed by atoms with van der Waals surface area (Å²) in [6.07, 6.45) is 0.873. The van der Waals surface area contributed by atoms with Gasteiger partial charge in [0.2, 0.25) is 0 Å². The fourth-order valence-electron chi connectivity index (χ4n) is 2.58. The van der Waals surface area contributed by atoms with Crippen molar-refractivity contribution >= 4 is 17.6 Å². The number of rotatable bonds is 4. The minimum Gasteiger partial charge on any atom is -0.481 e. The quantitative estimate of drug-likeness (QED) is 0.761. The van der Waals surface area contributed by atoms with Crippen LogP contribution in [0.1, 0.15) is 18.4 Å². The first kappa shape index (κ1) is 14.0. The van der Waals surface area contributed by atoms with Gasteiger partial charge in [0.1, 0.15) is 6.10 Å². The monoisotopic (exact) mass is 290 g/mol. The molecule has 21 heavy (non-hydrogen) atoms. The lowest BCUT2D eigenvalue weighted by Gasteiger charge is -2.22. The highest BCUT2D eigenvalue weighted by Crippen LogP contribution is 2.48. The summed E-state index contributed by atoms with van der Waals surface area (Å²) >= 11 is 0. The zero-order valence-corrected chi connectivity index (χ0v) is 11.6. The number of hydrogen-bond acceptors (Lipinski definition) is 4. The third kappa shape index (κ3) is 2.77. The molecule has 1 aromatic carbocycles. The number of carboxylic acids is 1. The van der Waals surface area contributed by atoms with E-state index in [1.165, 1.54) is 0 Å². The molecule has 0 radical (unpaired) electrons. The van der Waals surface area contributed by atoms with Crippen molar-refractivity contribution in [3.8, 4) is 0 Å². The Morgan fingerprint density at radius 3 is 2.52 bits per heavy atom. The van der Waals surface area contributed by atoms with E-state index in [9.17, 15) is 14.7 Å². The number of carbonyl (C=O) groups is 2. The van der Waals surface area contributed by atoms with Crippen LogP contribution in [0.5, 0.6) is 0 Å². The summed E-state index contributed by atoms with van der Waals surface area (Å²) in [5, 5.41) is 15.1. The second-order valence-electron chi connectivity index (χ2n) is 5.52. The molecule has 0 spiro atoms. The van der Waals surface area contributed by atoms with Crippen molar-refractivity contribution in [2.24, 2.45) is 0 Å². The van der Waals surface area contributed by atoms with E-state index in [0.29, 0.717) is 31.7 Å². The number of carboxylic acid groups (broad SMARTS) is 1. The first-order chi connectivity index (χ1) is 10.1. The van der Waals surface area contributed by atoms with Gasteiger partial charge >= 0.3 is 5.97 Å². The number of benzene rings is 1. The average Bonchev–Trinajstić information content (AvgIpc) is 3.31. The van der Waals surface area contributed by atoms with Crippen molar-refractivity contribution in [2.45, 2.75) is 24.4 Å². The zero-order valence-electron chi connectivity index (χ0n) is 11.6. The van der Waals surface area contributed by atoms with E-state index in [2.05, 4.69) is 10.6 Å². The maximum atomic E-state index is 12.0. The van der Waals surface area contributed by atoms with Gasteiger partial charge in [-0.15, -0.1) is 0 Å². The maximum Gasteiger partial charge on any atom is 0.314 e. The highest BCUT2D eigenvalue weighted by atomic mass is 16.5. The largest absolute Gasteiger partial charge is 0.481 e. The lowest BCUT2D eigenvalue weighted by molar-refractivity contribution is -0.140. The van der Waals surface area contributed by atoms with Gasteiger partial charge in [0.05, 0.1) is 12.0 Å². The highest BCUT2D eigenvalue weighted by molar-refractivity contribution is 5.94. The molecule has 0 bridgehead atoms. The van der Waals surface area contributed by atoms with Crippen LogP contribution in [0, 0.1) is 0 Å². The minimum atomic E-state index is -0.777. The standard InChI is InChI=1S/C15H18N2O4/c18-13(12-9-16-7-8-21-12)17-11-3-1-10(2-4-11)15(5-6-15)14(19)20/h1-4,12,16H,5-9H2,(H,17,18)(H,19,20). The molecule has 112 valence electrons. The second-order valence-corrected chi connectivity index (χ2v) is 5.52. The van der Waals surface area contributed by atoms with E-state index in [0.717, 1.165) is 12.1 Å². The highest BCUT2D eigenvalue weighted by Gasteiger charge is 2.51. The topological polar surface area (TPSA) is 87.7 Å². The second kappa shape index (κ2) is 5.46. The van der Waals surface area contributed by atoms with Crippen molar-refractivity contribution in [3.05, 3.63) is 29.8 Å². The number of nitrogens with one attached hydrogen (secondary N) is 2. The van der Waals surface area contributed by atoms with Crippen molar-refractivity contribution in [1.29, 1.82) is 0 Å². The molecule has 1 unspecified atom stereocenters. The molecule has 1 aliphatic carbocycles. The Bertz CT molecular complexity index is 545. The molecule has 0 aromatic heterocycles. The van der Waals surface area contributed by atoms with Gasteiger partial charge < -0.3 is 20.5 Å². The minimum absolute atomic E-state index is 0.186. The van der Waals surface area contributed by atoms with Gasteiger partial charge in [0.25, 0.3) is 5.91 Å². The van der Waals surface area contributed by atoms with Gasteiger partial charge in [-0.25, -0.2) is 0 Å². The van der Waals surface area contributed by atoms with Crippen LogP contribution in [0.4, 0.5) is 5.69 Å². The Morgan fingerprint density at radius 1 is 1.29 bits per heavy atom. The number of carbonyl (C=O) groups excluding carboxylic acids is 1. The number of anilines is 1. The van der Waals surface area contributed by atoms with Crippen LogP contribution in [-0.2, 0) is 19.7 Å². The Hall–Kier alpha value is -1.92. The number of aliphatic carboxylic acids is 1. The van der Waals surface area contributed by atoms with Crippen molar-refractivity contribution < 1.29 is 19.4 Å². The fraction of sp³-hybridized carbons (Fsp3) is 0.467. The van der Waals surface area contributed by atoms with E-state index in [-0.39, 0.29) is 5.91 Å². The van der Waals surface area contributed by atoms with Gasteiger partial charge in [-0.1, -0.05) is 12.1 Å². The van der Waals surface area contributed by atoms with Crippen molar-refractivity contribution in [1.82, 2.24) is 5.32 Å². The van der Waals surface area contributed by atoms with Crippen molar-refractivity contribution in [2.75, 3.05) is 25.0 Å². The molecule has 2 aliphatic rings. The van der Waals surface area contributed by atoms with Crippen LogP contribution < -0.4 is 10.6 Å². The predicted octanol–water partition coefficient (Wildman–Crippen LogP) is 0.730.